The molecule has 48 valence electrons. The Hall–Kier alpha value is -0.0800. The summed E-state index contributed by atoms with van der Waals surface area (Å²) in [6, 6.07) is 0.417. The highest BCUT2D eigenvalue weighted by atomic mass is 15.0. The van der Waals surface area contributed by atoms with E-state index in [1.54, 1.807) is 0 Å². The lowest BCUT2D eigenvalue weighted by molar-refractivity contribution is 0.499. The molecule has 0 spiro atoms. The van der Waals surface area contributed by atoms with Crippen LogP contribution in [0.15, 0.2) is 0 Å². The Labute approximate surface area is 50.4 Å². The molecule has 2 nitrogen and oxygen atoms in total. The van der Waals surface area contributed by atoms with Gasteiger partial charge < -0.3 is 11.1 Å². The molecule has 8 heavy (non-hydrogen) atoms. The first-order valence-corrected chi connectivity index (χ1v) is 3.31. The third-order valence-electron chi connectivity index (χ3n) is 1.92. The van der Waals surface area contributed by atoms with Crippen LogP contribution in [0.2, 0.25) is 0 Å². The van der Waals surface area contributed by atoms with Gasteiger partial charge in [0.1, 0.15) is 0 Å². The Morgan fingerprint density at radius 3 is 2.62 bits per heavy atom. The monoisotopic (exact) mass is 114 g/mol. The van der Waals surface area contributed by atoms with Gasteiger partial charge in [-0.2, -0.15) is 0 Å². The van der Waals surface area contributed by atoms with Crippen molar-refractivity contribution in [2.24, 2.45) is 11.7 Å². The quantitative estimate of drug-likeness (QED) is 0.501. The lowest BCUT2D eigenvalue weighted by atomic mass is 10.0. The number of rotatable bonds is 1. The van der Waals surface area contributed by atoms with Gasteiger partial charge >= 0.3 is 0 Å². The number of hydrogen-bond acceptors (Lipinski definition) is 2. The van der Waals surface area contributed by atoms with E-state index >= 15 is 0 Å². The van der Waals surface area contributed by atoms with E-state index in [2.05, 4.69) is 12.2 Å². The van der Waals surface area contributed by atoms with Crippen molar-refractivity contribution in [1.82, 2.24) is 5.32 Å². The molecule has 0 radical (unpaired) electrons. The van der Waals surface area contributed by atoms with E-state index in [1.165, 1.54) is 6.42 Å². The Balaban J connectivity index is 2.30. The molecule has 1 saturated heterocycles. The Morgan fingerprint density at radius 2 is 2.38 bits per heavy atom. The van der Waals surface area contributed by atoms with Gasteiger partial charge in [0.15, 0.2) is 0 Å². The maximum Gasteiger partial charge on any atom is 0.0206 e. The molecule has 1 aliphatic rings. The standard InChI is InChI=1S/C6H14N2/c1-2-5-3-8-4-6(5)7/h5-6,8H,2-4,7H2,1H3/t5-,6-/m0/s1. The zero-order chi connectivity index (χ0) is 5.98. The molecule has 0 unspecified atom stereocenters. The van der Waals surface area contributed by atoms with Crippen LogP contribution in [0.4, 0.5) is 0 Å². The van der Waals surface area contributed by atoms with Crippen LogP contribution in [0.3, 0.4) is 0 Å². The molecule has 0 aromatic heterocycles. The Bertz CT molecular complexity index is 72.9. The summed E-state index contributed by atoms with van der Waals surface area (Å²) in [5.74, 6) is 0.731. The molecule has 2 atom stereocenters. The van der Waals surface area contributed by atoms with E-state index in [9.17, 15) is 0 Å². The molecule has 1 rings (SSSR count). The smallest absolute Gasteiger partial charge is 0.0206 e. The lowest BCUT2D eigenvalue weighted by Gasteiger charge is -2.08. The summed E-state index contributed by atoms with van der Waals surface area (Å²) in [6.45, 7) is 4.33. The minimum atomic E-state index is 0.417. The second-order valence-electron chi connectivity index (χ2n) is 2.49. The molecule has 1 aliphatic heterocycles. The van der Waals surface area contributed by atoms with Crippen molar-refractivity contribution in [2.75, 3.05) is 13.1 Å². The fraction of sp³-hybridized carbons (Fsp3) is 1.00. The van der Waals surface area contributed by atoms with Crippen LogP contribution in [0.25, 0.3) is 0 Å². The van der Waals surface area contributed by atoms with Crippen LogP contribution in [-0.2, 0) is 0 Å². The van der Waals surface area contributed by atoms with Crippen LogP contribution < -0.4 is 11.1 Å². The maximum absolute atomic E-state index is 5.73. The third-order valence-corrected chi connectivity index (χ3v) is 1.92. The summed E-state index contributed by atoms with van der Waals surface area (Å²) in [5, 5.41) is 3.25. The van der Waals surface area contributed by atoms with Crippen molar-refractivity contribution in [3.8, 4) is 0 Å². The molecule has 0 amide bonds. The molecule has 0 aromatic carbocycles. The van der Waals surface area contributed by atoms with Gasteiger partial charge in [-0.25, -0.2) is 0 Å². The van der Waals surface area contributed by atoms with Crippen molar-refractivity contribution in [2.45, 2.75) is 19.4 Å². The van der Waals surface area contributed by atoms with Gasteiger partial charge in [-0.1, -0.05) is 13.3 Å². The number of hydrogen-bond donors (Lipinski definition) is 2. The van der Waals surface area contributed by atoms with Crippen LogP contribution in [0.5, 0.6) is 0 Å². The average molecular weight is 114 g/mol. The van der Waals surface area contributed by atoms with E-state index in [4.69, 9.17) is 5.73 Å². The van der Waals surface area contributed by atoms with Gasteiger partial charge in [0.2, 0.25) is 0 Å². The minimum absolute atomic E-state index is 0.417. The van der Waals surface area contributed by atoms with E-state index in [-0.39, 0.29) is 0 Å². The van der Waals surface area contributed by atoms with Gasteiger partial charge in [0.05, 0.1) is 0 Å². The fourth-order valence-corrected chi connectivity index (χ4v) is 1.20. The van der Waals surface area contributed by atoms with Crippen molar-refractivity contribution in [3.05, 3.63) is 0 Å². The van der Waals surface area contributed by atoms with Gasteiger partial charge in [-0.05, 0) is 12.5 Å². The third kappa shape index (κ3) is 1.01. The summed E-state index contributed by atoms with van der Waals surface area (Å²) in [4.78, 5) is 0. The van der Waals surface area contributed by atoms with Crippen LogP contribution in [0.1, 0.15) is 13.3 Å². The van der Waals surface area contributed by atoms with Crippen molar-refractivity contribution in [3.63, 3.8) is 0 Å². The topological polar surface area (TPSA) is 38.0 Å². The summed E-state index contributed by atoms with van der Waals surface area (Å²) < 4.78 is 0. The second kappa shape index (κ2) is 2.46. The molecular weight excluding hydrogens is 100 g/mol. The normalized spacial score (nSPS) is 38.2. The zero-order valence-electron chi connectivity index (χ0n) is 5.35. The molecule has 3 N–H and O–H groups in total. The van der Waals surface area contributed by atoms with Gasteiger partial charge in [-0.3, -0.25) is 0 Å². The van der Waals surface area contributed by atoms with Gasteiger partial charge in [-0.15, -0.1) is 0 Å². The SMILES string of the molecule is CC[C@H]1CNC[C@@H]1N. The summed E-state index contributed by atoms with van der Waals surface area (Å²) in [6.07, 6.45) is 1.22. The van der Waals surface area contributed by atoms with Crippen molar-refractivity contribution in [1.29, 1.82) is 0 Å². The summed E-state index contributed by atoms with van der Waals surface area (Å²) >= 11 is 0. The predicted octanol–water partition coefficient (Wildman–Crippen LogP) is -0.0569. The first kappa shape index (κ1) is 6.05. The maximum atomic E-state index is 5.73. The highest BCUT2D eigenvalue weighted by molar-refractivity contribution is 4.82. The molecule has 2 heteroatoms. The minimum Gasteiger partial charge on any atom is -0.326 e. The highest BCUT2D eigenvalue weighted by Gasteiger charge is 2.20. The summed E-state index contributed by atoms with van der Waals surface area (Å²) in [5.41, 5.74) is 5.73. The highest BCUT2D eigenvalue weighted by Crippen LogP contribution is 2.09. The predicted molar refractivity (Wildman–Crippen MR) is 34.6 cm³/mol. The van der Waals surface area contributed by atoms with Crippen molar-refractivity contribution < 1.29 is 0 Å². The molecular formula is C6H14N2. The second-order valence-corrected chi connectivity index (χ2v) is 2.49. The molecule has 1 fully saturated rings. The van der Waals surface area contributed by atoms with Crippen molar-refractivity contribution >= 4 is 0 Å². The Morgan fingerprint density at radius 1 is 1.62 bits per heavy atom. The first-order valence-electron chi connectivity index (χ1n) is 3.31. The van der Waals surface area contributed by atoms with E-state index in [0.29, 0.717) is 6.04 Å². The fourth-order valence-electron chi connectivity index (χ4n) is 1.20. The van der Waals surface area contributed by atoms with Crippen LogP contribution in [0, 0.1) is 5.92 Å². The largest absolute Gasteiger partial charge is 0.326 e. The average Bonchev–Trinajstić information content (AvgIpc) is 2.14. The Kier molecular flexibility index (Phi) is 1.86. The molecule has 0 saturated carbocycles. The molecule has 0 bridgehead atoms. The summed E-state index contributed by atoms with van der Waals surface area (Å²) in [7, 11) is 0. The van der Waals surface area contributed by atoms with Crippen LogP contribution >= 0.6 is 0 Å². The molecule has 0 aliphatic carbocycles. The number of nitrogens with one attached hydrogen (secondary N) is 1. The van der Waals surface area contributed by atoms with E-state index in [1.807, 2.05) is 0 Å². The first-order chi connectivity index (χ1) is 3.84. The molecule has 0 aromatic rings. The zero-order valence-corrected chi connectivity index (χ0v) is 5.35. The van der Waals surface area contributed by atoms with E-state index in [0.717, 1.165) is 19.0 Å². The number of nitrogens with two attached hydrogens (primary N) is 1. The van der Waals surface area contributed by atoms with Gasteiger partial charge in [0, 0.05) is 12.6 Å². The van der Waals surface area contributed by atoms with E-state index < -0.39 is 0 Å². The van der Waals surface area contributed by atoms with Gasteiger partial charge in [0.25, 0.3) is 0 Å². The molecule has 1 heterocycles. The van der Waals surface area contributed by atoms with Crippen LogP contribution in [-0.4, -0.2) is 19.1 Å². The lowest BCUT2D eigenvalue weighted by Crippen LogP contribution is -2.28.